The number of aliphatic hydroxyl groups excluding tert-OH is 1. The Morgan fingerprint density at radius 1 is 1.17 bits per heavy atom. The number of anilines is 2. The third-order valence-corrected chi connectivity index (χ3v) is 7.48. The molecule has 2 aromatic carbocycles. The Labute approximate surface area is 242 Å². The Balaban J connectivity index is 1.28. The van der Waals surface area contributed by atoms with Crippen LogP contribution in [-0.4, -0.2) is 82.6 Å². The zero-order chi connectivity index (χ0) is 29.8. The quantitative estimate of drug-likeness (QED) is 0.224. The first-order valence-corrected chi connectivity index (χ1v) is 13.7. The molecular weight excluding hydrogens is 541 g/mol. The number of aryl methyl sites for hydroxylation is 1. The van der Waals surface area contributed by atoms with E-state index < -0.39 is 17.8 Å². The summed E-state index contributed by atoms with van der Waals surface area (Å²) in [5, 5.41) is 19.7. The lowest BCUT2D eigenvalue weighted by atomic mass is 9.92. The number of piperidine rings is 1. The molecule has 0 spiro atoms. The summed E-state index contributed by atoms with van der Waals surface area (Å²) in [6, 6.07) is 10.1. The van der Waals surface area contributed by atoms with Crippen LogP contribution in [0.4, 0.5) is 15.9 Å². The standard InChI is InChI=1S/C30H34FN7O4/c1-18-14-20(5-6-21(18)30(41)37-12-8-22(25(39)17-37)29(40)34-10-9-32-2)36-27-28-35-16-24(38(28)13-11-33-27)19-4-7-26(42-3)23(31)15-19/h4-7,11,13-16,22,25,32,39H,8-10,12,17H2,1-3H3,(H,33,36)(H,34,40)/t22-,25-/m1/s1. The van der Waals surface area contributed by atoms with Gasteiger partial charge in [0.15, 0.2) is 23.0 Å². The first kappa shape index (κ1) is 29.0. The van der Waals surface area contributed by atoms with E-state index in [1.54, 1.807) is 54.8 Å². The number of imidazole rings is 1. The fourth-order valence-electron chi connectivity index (χ4n) is 5.20. The molecule has 0 unspecified atom stereocenters. The third kappa shape index (κ3) is 5.90. The molecule has 1 fully saturated rings. The molecule has 4 N–H and O–H groups in total. The van der Waals surface area contributed by atoms with E-state index in [0.29, 0.717) is 60.0 Å². The van der Waals surface area contributed by atoms with E-state index in [2.05, 4.69) is 25.9 Å². The molecule has 5 rings (SSSR count). The molecule has 0 saturated carbocycles. The fourth-order valence-corrected chi connectivity index (χ4v) is 5.20. The van der Waals surface area contributed by atoms with E-state index in [4.69, 9.17) is 4.74 Å². The van der Waals surface area contributed by atoms with Crippen LogP contribution in [0.25, 0.3) is 16.9 Å². The van der Waals surface area contributed by atoms with Gasteiger partial charge >= 0.3 is 0 Å². The molecule has 42 heavy (non-hydrogen) atoms. The van der Waals surface area contributed by atoms with Crippen molar-refractivity contribution in [2.24, 2.45) is 5.92 Å². The van der Waals surface area contributed by atoms with Crippen LogP contribution in [0, 0.1) is 18.7 Å². The van der Waals surface area contributed by atoms with Gasteiger partial charge in [-0.25, -0.2) is 14.4 Å². The number of amides is 2. The van der Waals surface area contributed by atoms with Crippen LogP contribution >= 0.6 is 0 Å². The van der Waals surface area contributed by atoms with Gasteiger partial charge in [-0.15, -0.1) is 0 Å². The second-order valence-electron chi connectivity index (χ2n) is 10.2. The van der Waals surface area contributed by atoms with Crippen LogP contribution in [0.2, 0.25) is 0 Å². The Bertz CT molecular complexity index is 1610. The zero-order valence-corrected chi connectivity index (χ0v) is 23.7. The number of likely N-dealkylation sites (N-methyl/N-ethyl adjacent to an activating group) is 1. The van der Waals surface area contributed by atoms with Crippen molar-refractivity contribution in [1.29, 1.82) is 0 Å². The van der Waals surface area contributed by atoms with Crippen LogP contribution in [-0.2, 0) is 4.79 Å². The second-order valence-corrected chi connectivity index (χ2v) is 10.2. The number of benzene rings is 2. The van der Waals surface area contributed by atoms with Crippen molar-refractivity contribution in [3.05, 3.63) is 71.9 Å². The van der Waals surface area contributed by atoms with Crippen molar-refractivity contribution in [1.82, 2.24) is 29.9 Å². The summed E-state index contributed by atoms with van der Waals surface area (Å²) >= 11 is 0. The van der Waals surface area contributed by atoms with Crippen LogP contribution in [0.3, 0.4) is 0 Å². The number of aromatic nitrogens is 3. The highest BCUT2D eigenvalue weighted by atomic mass is 19.1. The predicted molar refractivity (Wildman–Crippen MR) is 156 cm³/mol. The summed E-state index contributed by atoms with van der Waals surface area (Å²) in [4.78, 5) is 36.3. The topological polar surface area (TPSA) is 133 Å². The normalized spacial score (nSPS) is 16.8. The summed E-state index contributed by atoms with van der Waals surface area (Å²) < 4.78 is 21.2. The zero-order valence-electron chi connectivity index (χ0n) is 23.7. The van der Waals surface area contributed by atoms with Gasteiger partial charge in [0.05, 0.1) is 31.0 Å². The largest absolute Gasteiger partial charge is 0.494 e. The molecule has 0 bridgehead atoms. The second kappa shape index (κ2) is 12.5. The minimum atomic E-state index is -0.932. The van der Waals surface area contributed by atoms with Gasteiger partial charge in [-0.3, -0.25) is 14.0 Å². The van der Waals surface area contributed by atoms with Gasteiger partial charge in [-0.1, -0.05) is 0 Å². The molecule has 3 heterocycles. The highest BCUT2D eigenvalue weighted by molar-refractivity contribution is 5.96. The number of β-amino-alcohol motifs (C(OH)–C–C–N with tert-alkyl or cyclic N) is 1. The highest BCUT2D eigenvalue weighted by Gasteiger charge is 2.35. The van der Waals surface area contributed by atoms with Crippen molar-refractivity contribution >= 4 is 29.0 Å². The number of carbonyl (C=O) groups excluding carboxylic acids is 2. The van der Waals surface area contributed by atoms with Crippen molar-refractivity contribution in [2.75, 3.05) is 45.7 Å². The lowest BCUT2D eigenvalue weighted by Crippen LogP contribution is -2.51. The smallest absolute Gasteiger partial charge is 0.254 e. The average Bonchev–Trinajstić information content (AvgIpc) is 3.42. The van der Waals surface area contributed by atoms with Crippen LogP contribution in [0.5, 0.6) is 5.75 Å². The van der Waals surface area contributed by atoms with Crippen molar-refractivity contribution in [3.63, 3.8) is 0 Å². The summed E-state index contributed by atoms with van der Waals surface area (Å²) in [5.74, 6) is -0.738. The number of methoxy groups -OCH3 is 1. The van der Waals surface area contributed by atoms with Gasteiger partial charge in [-0.05, 0) is 62.4 Å². The molecule has 11 nitrogen and oxygen atoms in total. The summed E-state index contributed by atoms with van der Waals surface area (Å²) in [5.41, 5.74) is 3.85. The number of halogens is 1. The van der Waals surface area contributed by atoms with E-state index in [-0.39, 0.29) is 24.1 Å². The summed E-state index contributed by atoms with van der Waals surface area (Å²) in [7, 11) is 3.22. The van der Waals surface area contributed by atoms with Crippen molar-refractivity contribution < 1.29 is 23.8 Å². The molecule has 2 amide bonds. The number of hydrogen-bond acceptors (Lipinski definition) is 8. The number of carbonyl (C=O) groups is 2. The number of nitrogens with one attached hydrogen (secondary N) is 3. The summed E-state index contributed by atoms with van der Waals surface area (Å²) in [6.07, 6.45) is 4.49. The first-order valence-electron chi connectivity index (χ1n) is 13.7. The van der Waals surface area contributed by atoms with Crippen LogP contribution < -0.4 is 20.7 Å². The van der Waals surface area contributed by atoms with E-state index in [1.807, 2.05) is 17.4 Å². The van der Waals surface area contributed by atoms with Crippen molar-refractivity contribution in [3.8, 4) is 17.0 Å². The number of likely N-dealkylation sites (tertiary alicyclic amines) is 1. The molecule has 0 aliphatic carbocycles. The molecule has 2 aromatic heterocycles. The molecule has 12 heteroatoms. The SMILES string of the molecule is CNCCNC(=O)[C@@H]1CCN(C(=O)c2ccc(Nc3nccn4c(-c5ccc(OC)c(F)c5)cnc34)cc2C)C[C@H]1O. The minimum absolute atomic E-state index is 0.0919. The molecule has 1 saturated heterocycles. The number of rotatable bonds is 9. The molecular formula is C30H34FN7O4. The molecule has 4 aromatic rings. The lowest BCUT2D eigenvalue weighted by Gasteiger charge is -2.35. The van der Waals surface area contributed by atoms with Gasteiger partial charge in [0, 0.05) is 55.4 Å². The molecule has 220 valence electrons. The van der Waals surface area contributed by atoms with Crippen LogP contribution in [0.1, 0.15) is 22.3 Å². The van der Waals surface area contributed by atoms with E-state index in [9.17, 15) is 19.1 Å². The Kier molecular flexibility index (Phi) is 8.64. The van der Waals surface area contributed by atoms with E-state index in [1.165, 1.54) is 13.2 Å². The maximum Gasteiger partial charge on any atom is 0.254 e. The van der Waals surface area contributed by atoms with E-state index >= 15 is 0 Å². The summed E-state index contributed by atoms with van der Waals surface area (Å²) in [6.45, 7) is 3.44. The minimum Gasteiger partial charge on any atom is -0.494 e. The van der Waals surface area contributed by atoms with Gasteiger partial charge in [0.2, 0.25) is 5.91 Å². The van der Waals surface area contributed by atoms with Crippen molar-refractivity contribution in [2.45, 2.75) is 19.4 Å². The molecule has 1 aliphatic rings. The van der Waals surface area contributed by atoms with Crippen LogP contribution in [0.15, 0.2) is 55.0 Å². The Morgan fingerprint density at radius 2 is 2.00 bits per heavy atom. The predicted octanol–water partition coefficient (Wildman–Crippen LogP) is 2.75. The van der Waals surface area contributed by atoms with Gasteiger partial charge < -0.3 is 30.7 Å². The fraction of sp³-hybridized carbons (Fsp3) is 0.333. The number of aliphatic hydroxyl groups is 1. The number of ether oxygens (including phenoxy) is 1. The maximum absolute atomic E-state index is 14.3. The number of hydrogen-bond donors (Lipinski definition) is 4. The molecule has 0 radical (unpaired) electrons. The van der Waals surface area contributed by atoms with Gasteiger partial charge in [0.25, 0.3) is 5.91 Å². The maximum atomic E-state index is 14.3. The van der Waals surface area contributed by atoms with Gasteiger partial charge in [-0.2, -0.15) is 0 Å². The Hall–Kier alpha value is -4.55. The first-order chi connectivity index (χ1) is 20.3. The highest BCUT2D eigenvalue weighted by Crippen LogP contribution is 2.29. The Morgan fingerprint density at radius 3 is 2.71 bits per heavy atom. The van der Waals surface area contributed by atoms with E-state index in [0.717, 1.165) is 5.56 Å². The monoisotopic (exact) mass is 575 g/mol. The number of nitrogens with zero attached hydrogens (tertiary/aromatic N) is 4. The molecule has 2 atom stereocenters. The average molecular weight is 576 g/mol. The lowest BCUT2D eigenvalue weighted by molar-refractivity contribution is -0.130. The molecule has 1 aliphatic heterocycles. The third-order valence-electron chi connectivity index (χ3n) is 7.48. The number of fused-ring (bicyclic) bond motifs is 1. The van der Waals surface area contributed by atoms with Gasteiger partial charge in [0.1, 0.15) is 0 Å².